The van der Waals surface area contributed by atoms with E-state index in [9.17, 15) is 9.59 Å². The lowest BCUT2D eigenvalue weighted by molar-refractivity contribution is -0.714. The summed E-state index contributed by atoms with van der Waals surface area (Å²) in [6.07, 6.45) is 5.04. The fourth-order valence-corrected chi connectivity index (χ4v) is 3.19. The van der Waals surface area contributed by atoms with Gasteiger partial charge in [-0.3, -0.25) is 9.59 Å². The molecule has 0 radical (unpaired) electrons. The summed E-state index contributed by atoms with van der Waals surface area (Å²) >= 11 is 0. The van der Waals surface area contributed by atoms with E-state index in [-0.39, 0.29) is 17.9 Å². The molecule has 126 valence electrons. The molecule has 1 aliphatic carbocycles. The zero-order valence-corrected chi connectivity index (χ0v) is 14.3. The summed E-state index contributed by atoms with van der Waals surface area (Å²) in [6, 6.07) is 7.63. The topological polar surface area (TPSA) is 74.8 Å². The first kappa shape index (κ1) is 17.5. The minimum atomic E-state index is -0.105. The molecular formula is C18H28N3O2+. The highest BCUT2D eigenvalue weighted by atomic mass is 16.2. The van der Waals surface area contributed by atoms with Gasteiger partial charge in [-0.05, 0) is 50.5 Å². The van der Waals surface area contributed by atoms with E-state index in [1.165, 1.54) is 32.6 Å². The molecule has 5 nitrogen and oxygen atoms in total. The first-order valence-electron chi connectivity index (χ1n) is 8.49. The molecule has 2 amide bonds. The normalized spacial score (nSPS) is 22.2. The van der Waals surface area contributed by atoms with Gasteiger partial charge in [-0.15, -0.1) is 0 Å². The zero-order valence-electron chi connectivity index (χ0n) is 14.3. The third-order valence-corrected chi connectivity index (χ3v) is 4.60. The van der Waals surface area contributed by atoms with Gasteiger partial charge in [0.25, 0.3) is 5.91 Å². The number of carbonyl (C=O) groups is 2. The van der Waals surface area contributed by atoms with Gasteiger partial charge in [-0.25, -0.2) is 0 Å². The second-order valence-corrected chi connectivity index (χ2v) is 6.65. The lowest BCUT2D eigenvalue weighted by Crippen LogP contribution is -2.97. The second-order valence-electron chi connectivity index (χ2n) is 6.65. The molecular weight excluding hydrogens is 290 g/mol. The van der Waals surface area contributed by atoms with Crippen LogP contribution < -0.4 is 16.0 Å². The van der Waals surface area contributed by atoms with Crippen LogP contribution >= 0.6 is 0 Å². The summed E-state index contributed by atoms with van der Waals surface area (Å²) in [5, 5.41) is 7.87. The van der Waals surface area contributed by atoms with Crippen molar-refractivity contribution >= 4 is 23.2 Å². The largest absolute Gasteiger partial charge is 0.334 e. The fourth-order valence-electron chi connectivity index (χ4n) is 3.19. The van der Waals surface area contributed by atoms with Gasteiger partial charge < -0.3 is 16.0 Å². The summed E-state index contributed by atoms with van der Waals surface area (Å²) in [5.41, 5.74) is 1.48. The molecule has 4 N–H and O–H groups in total. The van der Waals surface area contributed by atoms with E-state index in [0.29, 0.717) is 12.0 Å². The fraction of sp³-hybridized carbons (Fsp3) is 0.556. The van der Waals surface area contributed by atoms with Gasteiger partial charge >= 0.3 is 0 Å². The number of carbonyl (C=O) groups excluding carboxylic acids is 2. The highest BCUT2D eigenvalue weighted by molar-refractivity contribution is 5.94. The predicted octanol–water partition coefficient (Wildman–Crippen LogP) is 2.11. The van der Waals surface area contributed by atoms with Crippen molar-refractivity contribution in [1.29, 1.82) is 0 Å². The number of nitrogens with one attached hydrogen (secondary N) is 2. The number of hydrogen-bond donors (Lipinski definition) is 3. The van der Waals surface area contributed by atoms with Gasteiger partial charge in [0, 0.05) is 24.2 Å². The van der Waals surface area contributed by atoms with E-state index < -0.39 is 0 Å². The maximum atomic E-state index is 12.3. The Labute approximate surface area is 138 Å². The van der Waals surface area contributed by atoms with Crippen LogP contribution in [-0.2, 0) is 9.59 Å². The van der Waals surface area contributed by atoms with Crippen LogP contribution in [0.1, 0.15) is 46.5 Å². The first-order chi connectivity index (χ1) is 11.0. The monoisotopic (exact) mass is 318 g/mol. The van der Waals surface area contributed by atoms with Crippen LogP contribution in [0.3, 0.4) is 0 Å². The Morgan fingerprint density at radius 1 is 1.09 bits per heavy atom. The molecule has 23 heavy (non-hydrogen) atoms. The maximum Gasteiger partial charge on any atom is 0.282 e. The van der Waals surface area contributed by atoms with Gasteiger partial charge in [0.2, 0.25) is 5.91 Å². The van der Waals surface area contributed by atoms with Crippen molar-refractivity contribution in [2.45, 2.75) is 58.5 Å². The summed E-state index contributed by atoms with van der Waals surface area (Å²) < 4.78 is 0. The van der Waals surface area contributed by atoms with Crippen molar-refractivity contribution in [2.24, 2.45) is 5.92 Å². The lowest BCUT2D eigenvalue weighted by atomic mass is 9.85. The highest BCUT2D eigenvalue weighted by Crippen LogP contribution is 2.21. The quantitative estimate of drug-likeness (QED) is 0.778. The third-order valence-electron chi connectivity index (χ3n) is 4.60. The first-order valence-corrected chi connectivity index (χ1v) is 8.49. The van der Waals surface area contributed by atoms with Crippen LogP contribution in [0.15, 0.2) is 24.3 Å². The Bertz CT molecular complexity index is 542. The Morgan fingerprint density at radius 3 is 2.22 bits per heavy atom. The number of nitrogens with two attached hydrogens (primary N) is 1. The SMILES string of the molecule is CC(=O)Nc1ccc(NC(=O)[C@H](C)[NH2+][C@H]2CCCC[C@@H]2C)cc1. The minimum Gasteiger partial charge on any atom is -0.334 e. The molecule has 0 heterocycles. The molecule has 0 bridgehead atoms. The van der Waals surface area contributed by atoms with Gasteiger partial charge in [-0.2, -0.15) is 0 Å². The average Bonchev–Trinajstić information content (AvgIpc) is 2.51. The van der Waals surface area contributed by atoms with Crippen molar-refractivity contribution in [3.63, 3.8) is 0 Å². The molecule has 2 rings (SSSR count). The zero-order chi connectivity index (χ0) is 16.8. The molecule has 1 fully saturated rings. The number of quaternary nitrogens is 1. The summed E-state index contributed by atoms with van der Waals surface area (Å²) in [5.74, 6) is 0.595. The van der Waals surface area contributed by atoms with Gasteiger partial charge in [0.1, 0.15) is 0 Å². The van der Waals surface area contributed by atoms with Gasteiger partial charge in [0.05, 0.1) is 6.04 Å². The number of rotatable bonds is 5. The molecule has 3 atom stereocenters. The molecule has 1 aliphatic rings. The van der Waals surface area contributed by atoms with Gasteiger partial charge in [-0.1, -0.05) is 13.3 Å². The minimum absolute atomic E-state index is 0.0232. The van der Waals surface area contributed by atoms with Gasteiger partial charge in [0.15, 0.2) is 6.04 Å². The Hall–Kier alpha value is -1.88. The smallest absolute Gasteiger partial charge is 0.282 e. The standard InChI is InChI=1S/C18H27N3O2/c1-12-6-4-5-7-17(12)19-13(2)18(23)21-16-10-8-15(9-11-16)20-14(3)22/h8-13,17,19H,4-7H2,1-3H3,(H,20,22)(H,21,23)/p+1/t12-,13-,17-/m0/s1. The predicted molar refractivity (Wildman–Crippen MR) is 92.2 cm³/mol. The molecule has 0 aliphatic heterocycles. The summed E-state index contributed by atoms with van der Waals surface area (Å²) in [4.78, 5) is 23.3. The summed E-state index contributed by atoms with van der Waals surface area (Å²) in [6.45, 7) is 5.72. The van der Waals surface area contributed by atoms with E-state index in [1.807, 2.05) is 6.92 Å². The van der Waals surface area contributed by atoms with Crippen LogP contribution in [0.2, 0.25) is 0 Å². The van der Waals surface area contributed by atoms with E-state index in [1.54, 1.807) is 24.3 Å². The van der Waals surface area contributed by atoms with E-state index in [0.717, 1.165) is 11.4 Å². The number of amides is 2. The Kier molecular flexibility index (Phi) is 6.16. The van der Waals surface area contributed by atoms with Crippen LogP contribution in [-0.4, -0.2) is 23.9 Å². The van der Waals surface area contributed by atoms with Crippen molar-refractivity contribution < 1.29 is 14.9 Å². The average molecular weight is 318 g/mol. The lowest BCUT2D eigenvalue weighted by Gasteiger charge is -2.28. The molecule has 1 aromatic carbocycles. The molecule has 1 saturated carbocycles. The van der Waals surface area contributed by atoms with E-state index >= 15 is 0 Å². The number of benzene rings is 1. The van der Waals surface area contributed by atoms with Crippen LogP contribution in [0.5, 0.6) is 0 Å². The van der Waals surface area contributed by atoms with E-state index in [2.05, 4.69) is 22.9 Å². The number of hydrogen-bond acceptors (Lipinski definition) is 2. The van der Waals surface area contributed by atoms with Crippen molar-refractivity contribution in [3.05, 3.63) is 24.3 Å². The van der Waals surface area contributed by atoms with E-state index in [4.69, 9.17) is 0 Å². The molecule has 1 aromatic rings. The molecule has 0 aromatic heterocycles. The van der Waals surface area contributed by atoms with Crippen molar-refractivity contribution in [3.8, 4) is 0 Å². The van der Waals surface area contributed by atoms with Crippen LogP contribution in [0, 0.1) is 5.92 Å². The van der Waals surface area contributed by atoms with Crippen molar-refractivity contribution in [1.82, 2.24) is 0 Å². The van der Waals surface area contributed by atoms with Crippen molar-refractivity contribution in [2.75, 3.05) is 10.6 Å². The Morgan fingerprint density at radius 2 is 1.65 bits per heavy atom. The molecule has 0 spiro atoms. The van der Waals surface area contributed by atoms with Crippen LogP contribution in [0.25, 0.3) is 0 Å². The molecule has 0 unspecified atom stereocenters. The third kappa shape index (κ3) is 5.36. The van der Waals surface area contributed by atoms with Crippen LogP contribution in [0.4, 0.5) is 11.4 Å². The molecule has 0 saturated heterocycles. The maximum absolute atomic E-state index is 12.3. The second kappa shape index (κ2) is 8.11. The Balaban J connectivity index is 1.86. The molecule has 5 heteroatoms. The number of anilines is 2. The summed E-state index contributed by atoms with van der Waals surface area (Å²) in [7, 11) is 0. The highest BCUT2D eigenvalue weighted by Gasteiger charge is 2.28.